The summed E-state index contributed by atoms with van der Waals surface area (Å²) < 4.78 is 10.6. The van der Waals surface area contributed by atoms with E-state index in [2.05, 4.69) is 19.1 Å². The molecule has 0 saturated heterocycles. The van der Waals surface area contributed by atoms with Crippen molar-refractivity contribution in [3.63, 3.8) is 0 Å². The van der Waals surface area contributed by atoms with Crippen LogP contribution in [0.15, 0.2) is 42.5 Å². The predicted molar refractivity (Wildman–Crippen MR) is 81.4 cm³/mol. The van der Waals surface area contributed by atoms with Gasteiger partial charge in [0.25, 0.3) is 0 Å². The molecule has 2 N–H and O–H groups in total. The van der Waals surface area contributed by atoms with E-state index in [1.54, 1.807) is 14.2 Å². The van der Waals surface area contributed by atoms with Gasteiger partial charge >= 0.3 is 0 Å². The molecule has 0 fully saturated rings. The Balaban J connectivity index is 2.21. The summed E-state index contributed by atoms with van der Waals surface area (Å²) in [6.45, 7) is 2.11. The molecule has 0 aliphatic carbocycles. The van der Waals surface area contributed by atoms with Crippen LogP contribution in [0.25, 0.3) is 0 Å². The molecule has 0 radical (unpaired) electrons. The minimum Gasteiger partial charge on any atom is -0.493 e. The highest BCUT2D eigenvalue weighted by Crippen LogP contribution is 2.30. The molecule has 20 heavy (non-hydrogen) atoms. The first-order valence-electron chi connectivity index (χ1n) is 6.67. The number of benzene rings is 2. The normalized spacial score (nSPS) is 12.0. The summed E-state index contributed by atoms with van der Waals surface area (Å²) in [7, 11) is 3.26. The number of hydrogen-bond acceptors (Lipinski definition) is 3. The van der Waals surface area contributed by atoms with Crippen molar-refractivity contribution in [2.75, 3.05) is 14.2 Å². The van der Waals surface area contributed by atoms with Crippen molar-refractivity contribution in [2.24, 2.45) is 5.73 Å². The minimum absolute atomic E-state index is 0.0593. The van der Waals surface area contributed by atoms with Crippen LogP contribution in [0.1, 0.15) is 22.7 Å². The van der Waals surface area contributed by atoms with Crippen molar-refractivity contribution in [1.82, 2.24) is 0 Å². The molecular formula is C17H21NO2. The van der Waals surface area contributed by atoms with Gasteiger partial charge in [-0.3, -0.25) is 0 Å². The molecule has 1 atom stereocenters. The lowest BCUT2D eigenvalue weighted by atomic mass is 9.96. The molecule has 0 saturated carbocycles. The number of aryl methyl sites for hydroxylation is 1. The van der Waals surface area contributed by atoms with Gasteiger partial charge < -0.3 is 15.2 Å². The Bertz CT molecular complexity index is 581. The first-order valence-corrected chi connectivity index (χ1v) is 6.67. The van der Waals surface area contributed by atoms with E-state index >= 15 is 0 Å². The van der Waals surface area contributed by atoms with Crippen LogP contribution in [0.2, 0.25) is 0 Å². The van der Waals surface area contributed by atoms with Crippen molar-refractivity contribution >= 4 is 0 Å². The highest BCUT2D eigenvalue weighted by atomic mass is 16.5. The van der Waals surface area contributed by atoms with E-state index in [4.69, 9.17) is 15.2 Å². The Kier molecular flexibility index (Phi) is 4.64. The van der Waals surface area contributed by atoms with Crippen molar-refractivity contribution in [3.8, 4) is 11.5 Å². The molecule has 0 bridgehead atoms. The second-order valence-electron chi connectivity index (χ2n) is 4.85. The third-order valence-corrected chi connectivity index (χ3v) is 3.54. The van der Waals surface area contributed by atoms with Gasteiger partial charge in [0.05, 0.1) is 14.2 Å². The molecule has 0 amide bonds. The monoisotopic (exact) mass is 271 g/mol. The van der Waals surface area contributed by atoms with E-state index in [0.717, 1.165) is 17.7 Å². The quantitative estimate of drug-likeness (QED) is 0.908. The summed E-state index contributed by atoms with van der Waals surface area (Å²) in [5.41, 5.74) is 9.90. The van der Waals surface area contributed by atoms with Crippen molar-refractivity contribution in [3.05, 3.63) is 59.2 Å². The Labute approximate surface area is 120 Å². The fraction of sp³-hybridized carbons (Fsp3) is 0.294. The van der Waals surface area contributed by atoms with Gasteiger partial charge in [0.15, 0.2) is 11.5 Å². The Morgan fingerprint density at radius 2 is 1.70 bits per heavy atom. The second-order valence-corrected chi connectivity index (χ2v) is 4.85. The highest BCUT2D eigenvalue weighted by Gasteiger charge is 2.12. The van der Waals surface area contributed by atoms with Gasteiger partial charge in [-0.2, -0.15) is 0 Å². The van der Waals surface area contributed by atoms with Gasteiger partial charge in [0, 0.05) is 6.04 Å². The highest BCUT2D eigenvalue weighted by molar-refractivity contribution is 5.44. The SMILES string of the molecule is COc1ccc([C@H](N)Cc2ccccc2C)cc1OC. The van der Waals surface area contributed by atoms with E-state index in [1.807, 2.05) is 30.3 Å². The lowest BCUT2D eigenvalue weighted by Crippen LogP contribution is -2.14. The fourth-order valence-electron chi connectivity index (χ4n) is 2.28. The number of nitrogens with two attached hydrogens (primary N) is 1. The lowest BCUT2D eigenvalue weighted by Gasteiger charge is -2.16. The largest absolute Gasteiger partial charge is 0.493 e. The molecule has 3 heteroatoms. The summed E-state index contributed by atoms with van der Waals surface area (Å²) in [6.07, 6.45) is 0.808. The van der Waals surface area contributed by atoms with Crippen LogP contribution < -0.4 is 15.2 Å². The third-order valence-electron chi connectivity index (χ3n) is 3.54. The summed E-state index contributed by atoms with van der Waals surface area (Å²) >= 11 is 0. The zero-order valence-electron chi connectivity index (χ0n) is 12.2. The zero-order valence-corrected chi connectivity index (χ0v) is 12.2. The molecule has 0 unspecified atom stereocenters. The van der Waals surface area contributed by atoms with Crippen LogP contribution in [0.4, 0.5) is 0 Å². The van der Waals surface area contributed by atoms with Crippen LogP contribution in [0.5, 0.6) is 11.5 Å². The van der Waals surface area contributed by atoms with E-state index in [9.17, 15) is 0 Å². The summed E-state index contributed by atoms with van der Waals surface area (Å²) in [5.74, 6) is 1.43. The summed E-state index contributed by atoms with van der Waals surface area (Å²) in [6, 6.07) is 14.1. The van der Waals surface area contributed by atoms with Gasteiger partial charge in [-0.05, 0) is 42.2 Å². The molecule has 2 aromatic carbocycles. The standard InChI is InChI=1S/C17H21NO2/c1-12-6-4-5-7-13(12)10-15(18)14-8-9-16(19-2)17(11-14)20-3/h4-9,11,15H,10,18H2,1-3H3/t15-/m1/s1. The third kappa shape index (κ3) is 3.11. The first kappa shape index (κ1) is 14.4. The topological polar surface area (TPSA) is 44.5 Å². The van der Waals surface area contributed by atoms with Crippen molar-refractivity contribution < 1.29 is 9.47 Å². The van der Waals surface area contributed by atoms with E-state index < -0.39 is 0 Å². The summed E-state index contributed by atoms with van der Waals surface area (Å²) in [5, 5.41) is 0. The van der Waals surface area contributed by atoms with Crippen LogP contribution in [-0.4, -0.2) is 14.2 Å². The van der Waals surface area contributed by atoms with Gasteiger partial charge in [-0.15, -0.1) is 0 Å². The Morgan fingerprint density at radius 1 is 1.00 bits per heavy atom. The lowest BCUT2D eigenvalue weighted by molar-refractivity contribution is 0.354. The van der Waals surface area contributed by atoms with Gasteiger partial charge in [0.2, 0.25) is 0 Å². The van der Waals surface area contributed by atoms with Crippen molar-refractivity contribution in [1.29, 1.82) is 0 Å². The molecule has 0 heterocycles. The average molecular weight is 271 g/mol. The van der Waals surface area contributed by atoms with Gasteiger partial charge in [-0.1, -0.05) is 30.3 Å². The Hall–Kier alpha value is -2.00. The molecule has 106 valence electrons. The average Bonchev–Trinajstić information content (AvgIpc) is 2.48. The smallest absolute Gasteiger partial charge is 0.161 e. The van der Waals surface area contributed by atoms with Gasteiger partial charge in [0.1, 0.15) is 0 Å². The Morgan fingerprint density at radius 3 is 2.35 bits per heavy atom. The summed E-state index contributed by atoms with van der Waals surface area (Å²) in [4.78, 5) is 0. The molecule has 0 aromatic heterocycles. The van der Waals surface area contributed by atoms with Crippen LogP contribution >= 0.6 is 0 Å². The number of ether oxygens (including phenoxy) is 2. The van der Waals surface area contributed by atoms with E-state index in [0.29, 0.717) is 5.75 Å². The number of rotatable bonds is 5. The molecule has 0 aliphatic rings. The maximum atomic E-state index is 6.31. The van der Waals surface area contributed by atoms with Crippen LogP contribution in [-0.2, 0) is 6.42 Å². The maximum absolute atomic E-state index is 6.31. The molecular weight excluding hydrogens is 250 g/mol. The minimum atomic E-state index is -0.0593. The number of hydrogen-bond donors (Lipinski definition) is 1. The molecule has 2 rings (SSSR count). The van der Waals surface area contributed by atoms with Crippen LogP contribution in [0.3, 0.4) is 0 Å². The molecule has 0 aliphatic heterocycles. The predicted octanol–water partition coefficient (Wildman–Crippen LogP) is 3.25. The van der Waals surface area contributed by atoms with E-state index in [1.165, 1.54) is 11.1 Å². The van der Waals surface area contributed by atoms with Crippen LogP contribution in [0, 0.1) is 6.92 Å². The molecule has 3 nitrogen and oxygen atoms in total. The molecule has 2 aromatic rings. The zero-order chi connectivity index (χ0) is 14.5. The van der Waals surface area contributed by atoms with Gasteiger partial charge in [-0.25, -0.2) is 0 Å². The van der Waals surface area contributed by atoms with Crippen molar-refractivity contribution in [2.45, 2.75) is 19.4 Å². The fourth-order valence-corrected chi connectivity index (χ4v) is 2.28. The maximum Gasteiger partial charge on any atom is 0.161 e. The second kappa shape index (κ2) is 6.44. The van der Waals surface area contributed by atoms with E-state index in [-0.39, 0.29) is 6.04 Å². The number of methoxy groups -OCH3 is 2. The first-order chi connectivity index (χ1) is 9.65. The molecule has 0 spiro atoms.